The fourth-order valence-electron chi connectivity index (χ4n) is 2.36. The van der Waals surface area contributed by atoms with Crippen molar-refractivity contribution < 1.29 is 9.32 Å². The first-order valence-corrected chi connectivity index (χ1v) is 8.01. The Bertz CT molecular complexity index is 700. The highest BCUT2D eigenvalue weighted by Crippen LogP contribution is 2.21. The second-order valence-corrected chi connectivity index (χ2v) is 5.98. The number of hydrogen-bond donors (Lipinski definition) is 0. The summed E-state index contributed by atoms with van der Waals surface area (Å²) in [5.41, 5.74) is 8.25. The van der Waals surface area contributed by atoms with E-state index in [0.29, 0.717) is 31.3 Å². The van der Waals surface area contributed by atoms with Gasteiger partial charge < -0.3 is 9.42 Å². The average Bonchev–Trinajstić information content (AvgIpc) is 3.24. The summed E-state index contributed by atoms with van der Waals surface area (Å²) < 4.78 is 5.29. The van der Waals surface area contributed by atoms with E-state index in [-0.39, 0.29) is 12.5 Å². The number of aromatic nitrogens is 2. The molecular formula is C13H15N7O2S. The summed E-state index contributed by atoms with van der Waals surface area (Å²) in [5.74, 6) is 1.04. The molecule has 2 aromatic heterocycles. The minimum atomic E-state index is -0.139. The molecule has 0 bridgehead atoms. The van der Waals surface area contributed by atoms with Gasteiger partial charge in [-0.15, -0.1) is 11.3 Å². The first kappa shape index (κ1) is 15.5. The summed E-state index contributed by atoms with van der Waals surface area (Å²) >= 11 is 1.57. The van der Waals surface area contributed by atoms with Crippen LogP contribution >= 0.6 is 11.3 Å². The van der Waals surface area contributed by atoms with Crippen molar-refractivity contribution in [2.45, 2.75) is 6.54 Å². The van der Waals surface area contributed by atoms with E-state index in [0.717, 1.165) is 18.0 Å². The van der Waals surface area contributed by atoms with Gasteiger partial charge in [0.2, 0.25) is 17.6 Å². The molecule has 120 valence electrons. The molecule has 0 radical (unpaired) electrons. The van der Waals surface area contributed by atoms with Gasteiger partial charge in [0.15, 0.2) is 0 Å². The quantitative estimate of drug-likeness (QED) is 0.470. The molecule has 3 heterocycles. The van der Waals surface area contributed by atoms with Crippen LogP contribution in [0.15, 0.2) is 27.2 Å². The highest BCUT2D eigenvalue weighted by atomic mass is 32.1. The molecule has 1 aliphatic heterocycles. The van der Waals surface area contributed by atoms with Gasteiger partial charge in [-0.25, -0.2) is 0 Å². The third-order valence-corrected chi connectivity index (χ3v) is 4.43. The predicted molar refractivity (Wildman–Crippen MR) is 83.5 cm³/mol. The third kappa shape index (κ3) is 3.86. The average molecular weight is 333 g/mol. The summed E-state index contributed by atoms with van der Waals surface area (Å²) in [5, 5.41) is 9.26. The lowest BCUT2D eigenvalue weighted by Gasteiger charge is -2.33. The Morgan fingerprint density at radius 1 is 1.43 bits per heavy atom. The van der Waals surface area contributed by atoms with Gasteiger partial charge in [-0.1, -0.05) is 16.3 Å². The van der Waals surface area contributed by atoms with Gasteiger partial charge in [-0.3, -0.25) is 9.69 Å². The molecule has 3 rings (SSSR count). The lowest BCUT2D eigenvalue weighted by atomic mass is 10.3. The minimum Gasteiger partial charge on any atom is -0.340 e. The van der Waals surface area contributed by atoms with Crippen molar-refractivity contribution >= 4 is 17.2 Å². The Balaban J connectivity index is 1.51. The van der Waals surface area contributed by atoms with Crippen molar-refractivity contribution in [3.63, 3.8) is 0 Å². The summed E-state index contributed by atoms with van der Waals surface area (Å²) in [6.07, 6.45) is 0. The van der Waals surface area contributed by atoms with E-state index >= 15 is 0 Å². The van der Waals surface area contributed by atoms with Gasteiger partial charge in [0.05, 0.1) is 11.4 Å². The Hall–Kier alpha value is -2.42. The highest BCUT2D eigenvalue weighted by molar-refractivity contribution is 7.13. The molecule has 0 spiro atoms. The molecule has 1 saturated heterocycles. The number of nitrogens with zero attached hydrogens (tertiary/aromatic N) is 7. The maximum Gasteiger partial charge on any atom is 0.241 e. The molecule has 10 heteroatoms. The molecule has 9 nitrogen and oxygen atoms in total. The third-order valence-electron chi connectivity index (χ3n) is 3.56. The number of amides is 1. The van der Waals surface area contributed by atoms with Crippen molar-refractivity contribution in [3.05, 3.63) is 33.8 Å². The van der Waals surface area contributed by atoms with Gasteiger partial charge >= 0.3 is 0 Å². The van der Waals surface area contributed by atoms with Crippen LogP contribution in [0.4, 0.5) is 0 Å². The fraction of sp³-hybridized carbons (Fsp3) is 0.462. The number of carbonyl (C=O) groups is 1. The largest absolute Gasteiger partial charge is 0.340 e. The fourth-order valence-corrected chi connectivity index (χ4v) is 3.01. The first-order chi connectivity index (χ1) is 11.3. The molecule has 1 amide bonds. The highest BCUT2D eigenvalue weighted by Gasteiger charge is 2.22. The Labute approximate surface area is 136 Å². The summed E-state index contributed by atoms with van der Waals surface area (Å²) in [6.45, 7) is 3.09. The minimum absolute atomic E-state index is 0.121. The summed E-state index contributed by atoms with van der Waals surface area (Å²) in [4.78, 5) is 23.6. The van der Waals surface area contributed by atoms with Crippen molar-refractivity contribution in [3.8, 4) is 10.7 Å². The van der Waals surface area contributed by atoms with Crippen LogP contribution in [-0.2, 0) is 11.3 Å². The predicted octanol–water partition coefficient (Wildman–Crippen LogP) is 1.75. The van der Waals surface area contributed by atoms with Crippen molar-refractivity contribution in [2.24, 2.45) is 5.11 Å². The van der Waals surface area contributed by atoms with Gasteiger partial charge in [-0.05, 0) is 17.0 Å². The summed E-state index contributed by atoms with van der Waals surface area (Å²) in [7, 11) is 0. The van der Waals surface area contributed by atoms with E-state index in [1.807, 2.05) is 17.5 Å². The molecule has 0 atom stereocenters. The topological polar surface area (TPSA) is 111 Å². The molecule has 0 unspecified atom stereocenters. The molecule has 2 aromatic rings. The van der Waals surface area contributed by atoms with Crippen LogP contribution in [0, 0.1) is 0 Å². The van der Waals surface area contributed by atoms with E-state index < -0.39 is 0 Å². The smallest absolute Gasteiger partial charge is 0.241 e. The van der Waals surface area contributed by atoms with E-state index in [1.54, 1.807) is 16.2 Å². The van der Waals surface area contributed by atoms with Gasteiger partial charge in [0, 0.05) is 31.1 Å². The van der Waals surface area contributed by atoms with Crippen molar-refractivity contribution in [2.75, 3.05) is 32.7 Å². The van der Waals surface area contributed by atoms with Crippen LogP contribution in [0.3, 0.4) is 0 Å². The van der Waals surface area contributed by atoms with Crippen LogP contribution < -0.4 is 0 Å². The van der Waals surface area contributed by atoms with E-state index in [1.165, 1.54) is 0 Å². The zero-order chi connectivity index (χ0) is 16.1. The number of piperazine rings is 1. The molecular weight excluding hydrogens is 318 g/mol. The maximum atomic E-state index is 11.8. The molecule has 0 N–H and O–H groups in total. The van der Waals surface area contributed by atoms with Gasteiger partial charge in [0.1, 0.15) is 6.54 Å². The van der Waals surface area contributed by atoms with Crippen molar-refractivity contribution in [1.82, 2.24) is 19.9 Å². The normalized spacial score (nSPS) is 15.4. The van der Waals surface area contributed by atoms with E-state index in [9.17, 15) is 4.79 Å². The second-order valence-electron chi connectivity index (χ2n) is 5.03. The SMILES string of the molecule is [N-]=[N+]=NCC(=O)N1CCN(Cc2nc(-c3cccs3)no2)CC1. The van der Waals surface area contributed by atoms with Gasteiger partial charge in [-0.2, -0.15) is 4.98 Å². The van der Waals surface area contributed by atoms with E-state index in [2.05, 4.69) is 25.1 Å². The number of carbonyl (C=O) groups excluding carboxylic acids is 1. The van der Waals surface area contributed by atoms with Crippen LogP contribution in [-0.4, -0.2) is 58.6 Å². The number of azide groups is 1. The molecule has 0 saturated carbocycles. The Kier molecular flexibility index (Phi) is 4.86. The zero-order valence-electron chi connectivity index (χ0n) is 12.3. The first-order valence-electron chi connectivity index (χ1n) is 7.13. The van der Waals surface area contributed by atoms with Gasteiger partial charge in [0.25, 0.3) is 0 Å². The van der Waals surface area contributed by atoms with Crippen LogP contribution in [0.2, 0.25) is 0 Å². The van der Waals surface area contributed by atoms with Crippen LogP contribution in [0.5, 0.6) is 0 Å². The number of rotatable bonds is 5. The lowest BCUT2D eigenvalue weighted by Crippen LogP contribution is -2.48. The van der Waals surface area contributed by atoms with Crippen LogP contribution in [0.1, 0.15) is 5.89 Å². The summed E-state index contributed by atoms with van der Waals surface area (Å²) in [6, 6.07) is 3.90. The van der Waals surface area contributed by atoms with Crippen molar-refractivity contribution in [1.29, 1.82) is 0 Å². The molecule has 23 heavy (non-hydrogen) atoms. The molecule has 0 aromatic carbocycles. The number of hydrogen-bond acceptors (Lipinski definition) is 7. The lowest BCUT2D eigenvalue weighted by molar-refractivity contribution is -0.131. The Morgan fingerprint density at radius 3 is 2.96 bits per heavy atom. The molecule has 0 aliphatic carbocycles. The Morgan fingerprint density at radius 2 is 2.26 bits per heavy atom. The molecule has 1 fully saturated rings. The standard InChI is InChI=1S/C13H15N7O2S/c14-18-15-8-12(21)20-5-3-19(4-6-20)9-11-16-13(17-22-11)10-2-1-7-23-10/h1-2,7H,3-6,8-9H2. The molecule has 1 aliphatic rings. The zero-order valence-corrected chi connectivity index (χ0v) is 13.1. The monoisotopic (exact) mass is 333 g/mol. The maximum absolute atomic E-state index is 11.8. The van der Waals surface area contributed by atoms with E-state index in [4.69, 9.17) is 10.1 Å². The number of thiophene rings is 1. The second kappa shape index (κ2) is 7.23. The van der Waals surface area contributed by atoms with Crippen LogP contribution in [0.25, 0.3) is 21.1 Å².